The summed E-state index contributed by atoms with van der Waals surface area (Å²) < 4.78 is 20.9. The van der Waals surface area contributed by atoms with Crippen molar-refractivity contribution in [1.82, 2.24) is 10.6 Å². The standard InChI is InChI=1S/C26H38N2O8S/c1-16(2)21(28-24(31)34-13-17-10-8-7-9-11-17)20-12-18(22(29)35-20)14-37-15-19(23(30)33-6)27-25(32)36-26(3,4)5/h7-11,16,18-21H,12-15H2,1-6H3,(H,27,32)(H,28,31)/t18-,19-,20-,21-/m0/s1. The van der Waals surface area contributed by atoms with Gasteiger partial charge in [-0.1, -0.05) is 44.2 Å². The average Bonchev–Trinajstić information content (AvgIpc) is 3.19. The van der Waals surface area contributed by atoms with Gasteiger partial charge in [-0.25, -0.2) is 14.4 Å². The van der Waals surface area contributed by atoms with E-state index in [1.54, 1.807) is 20.8 Å². The van der Waals surface area contributed by atoms with Crippen LogP contribution in [0.25, 0.3) is 0 Å². The molecule has 2 rings (SSSR count). The Bertz CT molecular complexity index is 919. The molecule has 4 atom stereocenters. The smallest absolute Gasteiger partial charge is 0.408 e. The van der Waals surface area contributed by atoms with Crippen LogP contribution < -0.4 is 10.6 Å². The first-order valence-electron chi connectivity index (χ1n) is 12.2. The third-order valence-corrected chi connectivity index (χ3v) is 6.72. The van der Waals surface area contributed by atoms with Crippen molar-refractivity contribution < 1.29 is 38.1 Å². The minimum Gasteiger partial charge on any atom is -0.467 e. The summed E-state index contributed by atoms with van der Waals surface area (Å²) in [5.41, 5.74) is 0.157. The lowest BCUT2D eigenvalue weighted by molar-refractivity contribution is -0.145. The van der Waals surface area contributed by atoms with E-state index in [0.717, 1.165) is 5.56 Å². The summed E-state index contributed by atoms with van der Waals surface area (Å²) in [6, 6.07) is 8.00. The van der Waals surface area contributed by atoms with Crippen LogP contribution in [0.2, 0.25) is 0 Å². The normalized spacial score (nSPS) is 18.9. The van der Waals surface area contributed by atoms with Gasteiger partial charge >= 0.3 is 24.1 Å². The van der Waals surface area contributed by atoms with Gasteiger partial charge in [0.25, 0.3) is 0 Å². The molecule has 11 heteroatoms. The quantitative estimate of drug-likeness (QED) is 0.320. The zero-order valence-electron chi connectivity index (χ0n) is 22.3. The molecule has 1 aromatic carbocycles. The number of hydrogen-bond donors (Lipinski definition) is 2. The fourth-order valence-electron chi connectivity index (χ4n) is 3.70. The first kappa shape index (κ1) is 30.3. The SMILES string of the molecule is COC(=O)[C@H](CSC[C@@H]1C[C@@H]([C@@H](NC(=O)OCc2ccccc2)C(C)C)OC1=O)NC(=O)OC(C)(C)C. The van der Waals surface area contributed by atoms with E-state index in [-0.39, 0.29) is 24.2 Å². The lowest BCUT2D eigenvalue weighted by atomic mass is 9.94. The van der Waals surface area contributed by atoms with Crippen molar-refractivity contribution in [2.75, 3.05) is 18.6 Å². The van der Waals surface area contributed by atoms with Gasteiger partial charge in [-0.15, -0.1) is 0 Å². The zero-order valence-corrected chi connectivity index (χ0v) is 23.1. The molecule has 2 amide bonds. The number of carbonyl (C=O) groups excluding carboxylic acids is 4. The molecular formula is C26H38N2O8S. The van der Waals surface area contributed by atoms with Gasteiger partial charge in [0.05, 0.1) is 19.1 Å². The molecule has 0 bridgehead atoms. The second kappa shape index (κ2) is 14.1. The van der Waals surface area contributed by atoms with Crippen LogP contribution in [-0.4, -0.2) is 66.5 Å². The highest BCUT2D eigenvalue weighted by atomic mass is 32.2. The summed E-state index contributed by atoms with van der Waals surface area (Å²) in [6.45, 7) is 9.17. The number of methoxy groups -OCH3 is 1. The minimum atomic E-state index is -0.928. The summed E-state index contributed by atoms with van der Waals surface area (Å²) in [4.78, 5) is 49.2. The molecule has 0 unspecified atom stereocenters. The van der Waals surface area contributed by atoms with E-state index >= 15 is 0 Å². The topological polar surface area (TPSA) is 129 Å². The maximum Gasteiger partial charge on any atom is 0.408 e. The molecule has 1 aliphatic rings. The maximum absolute atomic E-state index is 12.5. The third kappa shape index (κ3) is 10.5. The summed E-state index contributed by atoms with van der Waals surface area (Å²) >= 11 is 1.32. The summed E-state index contributed by atoms with van der Waals surface area (Å²) in [6.07, 6.45) is -1.39. The lowest BCUT2D eigenvalue weighted by Crippen LogP contribution is -2.47. The number of thioether (sulfide) groups is 1. The first-order valence-corrected chi connectivity index (χ1v) is 13.4. The molecule has 1 aromatic rings. The van der Waals surface area contributed by atoms with E-state index in [4.69, 9.17) is 18.9 Å². The number of alkyl carbamates (subject to hydrolysis) is 2. The Morgan fingerprint density at radius 1 is 1.11 bits per heavy atom. The zero-order chi connectivity index (χ0) is 27.6. The Kier molecular flexibility index (Phi) is 11.5. The highest BCUT2D eigenvalue weighted by Gasteiger charge is 2.41. The van der Waals surface area contributed by atoms with Gasteiger partial charge in [0.1, 0.15) is 24.4 Å². The Hall–Kier alpha value is -2.95. The van der Waals surface area contributed by atoms with Crippen LogP contribution in [0.3, 0.4) is 0 Å². The molecule has 0 saturated carbocycles. The minimum absolute atomic E-state index is 0.00443. The van der Waals surface area contributed by atoms with Crippen molar-refractivity contribution in [1.29, 1.82) is 0 Å². The number of rotatable bonds is 11. The number of nitrogens with one attached hydrogen (secondary N) is 2. The monoisotopic (exact) mass is 538 g/mol. The van der Waals surface area contributed by atoms with E-state index in [9.17, 15) is 19.2 Å². The molecule has 10 nitrogen and oxygen atoms in total. The van der Waals surface area contributed by atoms with Crippen molar-refractivity contribution in [3.05, 3.63) is 35.9 Å². The predicted molar refractivity (Wildman–Crippen MR) is 139 cm³/mol. The predicted octanol–water partition coefficient (Wildman–Crippen LogP) is 3.67. The van der Waals surface area contributed by atoms with E-state index in [1.807, 2.05) is 44.2 Å². The Morgan fingerprint density at radius 3 is 2.38 bits per heavy atom. The molecule has 206 valence electrons. The van der Waals surface area contributed by atoms with Gasteiger partial charge in [-0.05, 0) is 32.3 Å². The number of carbonyl (C=O) groups is 4. The summed E-state index contributed by atoms with van der Waals surface area (Å²) in [5, 5.41) is 5.35. The molecule has 2 N–H and O–H groups in total. The van der Waals surface area contributed by atoms with Gasteiger partial charge in [0.2, 0.25) is 0 Å². The van der Waals surface area contributed by atoms with Crippen LogP contribution in [-0.2, 0) is 35.1 Å². The molecular weight excluding hydrogens is 500 g/mol. The van der Waals surface area contributed by atoms with Gasteiger partial charge in [0, 0.05) is 17.9 Å². The molecule has 1 heterocycles. The molecule has 0 aromatic heterocycles. The van der Waals surface area contributed by atoms with Crippen molar-refractivity contribution in [3.63, 3.8) is 0 Å². The number of hydrogen-bond acceptors (Lipinski definition) is 9. The second-order valence-corrected chi connectivity index (χ2v) is 11.2. The largest absolute Gasteiger partial charge is 0.467 e. The summed E-state index contributed by atoms with van der Waals surface area (Å²) in [7, 11) is 1.24. The molecule has 37 heavy (non-hydrogen) atoms. The third-order valence-electron chi connectivity index (χ3n) is 5.51. The lowest BCUT2D eigenvalue weighted by Gasteiger charge is -2.26. The van der Waals surface area contributed by atoms with Crippen LogP contribution in [0.4, 0.5) is 9.59 Å². The van der Waals surface area contributed by atoms with Gasteiger partial charge < -0.3 is 29.6 Å². The van der Waals surface area contributed by atoms with Crippen LogP contribution >= 0.6 is 11.8 Å². The molecule has 0 radical (unpaired) electrons. The van der Waals surface area contributed by atoms with Gasteiger partial charge in [-0.3, -0.25) is 4.79 Å². The van der Waals surface area contributed by atoms with Crippen LogP contribution in [0.15, 0.2) is 30.3 Å². The first-order chi connectivity index (χ1) is 17.4. The number of ether oxygens (including phenoxy) is 4. The van der Waals surface area contributed by atoms with Gasteiger partial charge in [-0.2, -0.15) is 11.8 Å². The molecule has 1 saturated heterocycles. The van der Waals surface area contributed by atoms with E-state index < -0.39 is 47.9 Å². The van der Waals surface area contributed by atoms with E-state index in [0.29, 0.717) is 12.2 Å². The highest BCUT2D eigenvalue weighted by molar-refractivity contribution is 7.99. The maximum atomic E-state index is 12.5. The summed E-state index contributed by atoms with van der Waals surface area (Å²) in [5.74, 6) is -0.825. The van der Waals surface area contributed by atoms with E-state index in [2.05, 4.69) is 10.6 Å². The average molecular weight is 539 g/mol. The van der Waals surface area contributed by atoms with Crippen molar-refractivity contribution in [2.45, 2.75) is 71.4 Å². The Balaban J connectivity index is 1.87. The van der Waals surface area contributed by atoms with Crippen molar-refractivity contribution >= 4 is 35.9 Å². The highest BCUT2D eigenvalue weighted by Crippen LogP contribution is 2.29. The molecule has 0 spiro atoms. The number of amides is 2. The van der Waals surface area contributed by atoms with Crippen LogP contribution in [0, 0.1) is 11.8 Å². The fourth-order valence-corrected chi connectivity index (χ4v) is 4.85. The van der Waals surface area contributed by atoms with Crippen LogP contribution in [0.5, 0.6) is 0 Å². The second-order valence-electron chi connectivity index (χ2n) is 10.1. The molecule has 1 aliphatic heterocycles. The molecule has 1 fully saturated rings. The Labute approximate surface area is 222 Å². The molecule has 0 aliphatic carbocycles. The number of esters is 2. The van der Waals surface area contributed by atoms with Gasteiger partial charge in [0.15, 0.2) is 0 Å². The number of cyclic esters (lactones) is 1. The number of benzene rings is 1. The fraction of sp³-hybridized carbons (Fsp3) is 0.615. The van der Waals surface area contributed by atoms with E-state index in [1.165, 1.54) is 18.9 Å². The van der Waals surface area contributed by atoms with Crippen LogP contribution in [0.1, 0.15) is 46.6 Å². The van der Waals surface area contributed by atoms with Crippen molar-refractivity contribution in [2.24, 2.45) is 11.8 Å². The Morgan fingerprint density at radius 2 is 1.78 bits per heavy atom. The van der Waals surface area contributed by atoms with Crippen molar-refractivity contribution in [3.8, 4) is 0 Å².